The summed E-state index contributed by atoms with van der Waals surface area (Å²) in [5.41, 5.74) is 3.38. The molecule has 0 spiro atoms. The number of rotatable bonds is 8. The number of aromatic nitrogens is 1. The maximum absolute atomic E-state index is 12.9. The molecule has 4 rings (SSSR count). The summed E-state index contributed by atoms with van der Waals surface area (Å²) in [5.74, 6) is -1.03. The number of carbonyl (C=O) groups is 3. The quantitative estimate of drug-likeness (QED) is 0.227. The standard InChI is InChI=1S/C28H24N2O4S/c1-3-20-13-15-23(16-14-20)30(19(2)31)28-29-22(18-35-28)17-34-27(33)25-12-8-7-11-24(25)26(32)21-9-5-4-6-10-21/h4-16,18H,3,17H2,1-2H3. The molecule has 0 aliphatic rings. The monoisotopic (exact) mass is 484 g/mol. The van der Waals surface area contributed by atoms with Gasteiger partial charge in [0.15, 0.2) is 10.9 Å². The SMILES string of the molecule is CCc1ccc(N(C(C)=O)c2nc(COC(=O)c3ccccc3C(=O)c3ccccc3)cs2)cc1. The lowest BCUT2D eigenvalue weighted by Crippen LogP contribution is -2.22. The second-order valence-corrected chi connectivity index (χ2v) is 8.65. The molecule has 1 amide bonds. The first kappa shape index (κ1) is 24.0. The second kappa shape index (κ2) is 10.9. The third-order valence-corrected chi connectivity index (χ3v) is 6.30. The van der Waals surface area contributed by atoms with Crippen LogP contribution < -0.4 is 4.90 Å². The van der Waals surface area contributed by atoms with E-state index in [0.717, 1.165) is 12.1 Å². The lowest BCUT2D eigenvalue weighted by Gasteiger charge is -2.18. The first-order valence-corrected chi connectivity index (χ1v) is 12.1. The first-order valence-electron chi connectivity index (χ1n) is 11.2. The van der Waals surface area contributed by atoms with Crippen LogP contribution in [0.4, 0.5) is 10.8 Å². The van der Waals surface area contributed by atoms with Crippen LogP contribution in [-0.4, -0.2) is 22.6 Å². The Morgan fingerprint density at radius 3 is 2.20 bits per heavy atom. The zero-order valence-electron chi connectivity index (χ0n) is 19.4. The number of esters is 1. The molecule has 1 heterocycles. The number of carbonyl (C=O) groups excluding carboxylic acids is 3. The Bertz CT molecular complexity index is 1350. The summed E-state index contributed by atoms with van der Waals surface area (Å²) in [5, 5.41) is 2.24. The van der Waals surface area contributed by atoms with Gasteiger partial charge >= 0.3 is 5.97 Å². The van der Waals surface area contributed by atoms with Gasteiger partial charge in [-0.2, -0.15) is 0 Å². The topological polar surface area (TPSA) is 76.6 Å². The maximum Gasteiger partial charge on any atom is 0.339 e. The van der Waals surface area contributed by atoms with Crippen molar-refractivity contribution in [2.75, 3.05) is 4.90 Å². The minimum absolute atomic E-state index is 0.0797. The fourth-order valence-electron chi connectivity index (χ4n) is 3.59. The van der Waals surface area contributed by atoms with Crippen LogP contribution in [0.5, 0.6) is 0 Å². The lowest BCUT2D eigenvalue weighted by molar-refractivity contribution is -0.115. The van der Waals surface area contributed by atoms with Gasteiger partial charge < -0.3 is 4.74 Å². The maximum atomic E-state index is 12.9. The molecule has 0 saturated heterocycles. The molecule has 6 nitrogen and oxygen atoms in total. The van der Waals surface area contributed by atoms with Gasteiger partial charge in [-0.05, 0) is 30.2 Å². The summed E-state index contributed by atoms with van der Waals surface area (Å²) in [6.07, 6.45) is 0.910. The summed E-state index contributed by atoms with van der Waals surface area (Å²) >= 11 is 1.29. The van der Waals surface area contributed by atoms with Crippen LogP contribution in [0.2, 0.25) is 0 Å². The van der Waals surface area contributed by atoms with E-state index >= 15 is 0 Å². The predicted molar refractivity (Wildman–Crippen MR) is 136 cm³/mol. The highest BCUT2D eigenvalue weighted by Gasteiger charge is 2.21. The Morgan fingerprint density at radius 2 is 1.54 bits per heavy atom. The van der Waals surface area contributed by atoms with Crippen LogP contribution in [0.1, 0.15) is 51.4 Å². The number of hydrogen-bond donors (Lipinski definition) is 0. The molecule has 0 aliphatic carbocycles. The smallest absolute Gasteiger partial charge is 0.339 e. The van der Waals surface area contributed by atoms with Gasteiger partial charge in [-0.15, -0.1) is 11.3 Å². The molecular formula is C28H24N2O4S. The summed E-state index contributed by atoms with van der Waals surface area (Å²) in [4.78, 5) is 44.1. The third kappa shape index (κ3) is 5.53. The summed E-state index contributed by atoms with van der Waals surface area (Å²) in [7, 11) is 0. The van der Waals surface area contributed by atoms with Crippen molar-refractivity contribution in [3.8, 4) is 0 Å². The van der Waals surface area contributed by atoms with E-state index in [1.807, 2.05) is 30.3 Å². The van der Waals surface area contributed by atoms with Gasteiger partial charge in [-0.3, -0.25) is 14.5 Å². The molecule has 0 bridgehead atoms. The van der Waals surface area contributed by atoms with E-state index in [4.69, 9.17) is 4.74 Å². The second-order valence-electron chi connectivity index (χ2n) is 7.81. The Balaban J connectivity index is 1.49. The number of anilines is 2. The lowest BCUT2D eigenvalue weighted by atomic mass is 9.98. The van der Waals surface area contributed by atoms with Gasteiger partial charge in [0.1, 0.15) is 6.61 Å². The molecule has 0 unspecified atom stereocenters. The van der Waals surface area contributed by atoms with E-state index in [1.54, 1.807) is 53.9 Å². The summed E-state index contributed by atoms with van der Waals surface area (Å²) < 4.78 is 5.48. The molecule has 0 radical (unpaired) electrons. The van der Waals surface area contributed by atoms with Crippen molar-refractivity contribution in [3.63, 3.8) is 0 Å². The molecule has 0 atom stereocenters. The minimum atomic E-state index is -0.613. The summed E-state index contributed by atoms with van der Waals surface area (Å²) in [6.45, 7) is 3.47. The number of ether oxygens (including phenoxy) is 1. The number of thiazole rings is 1. The molecule has 7 heteroatoms. The first-order chi connectivity index (χ1) is 17.0. The normalized spacial score (nSPS) is 10.6. The zero-order chi connectivity index (χ0) is 24.8. The highest BCUT2D eigenvalue weighted by molar-refractivity contribution is 7.14. The van der Waals surface area contributed by atoms with Crippen molar-refractivity contribution in [2.45, 2.75) is 26.9 Å². The van der Waals surface area contributed by atoms with Gasteiger partial charge in [0.25, 0.3) is 0 Å². The van der Waals surface area contributed by atoms with E-state index in [0.29, 0.717) is 16.4 Å². The average molecular weight is 485 g/mol. The zero-order valence-corrected chi connectivity index (χ0v) is 20.2. The van der Waals surface area contributed by atoms with Crippen molar-refractivity contribution < 1.29 is 19.1 Å². The Morgan fingerprint density at radius 1 is 0.886 bits per heavy atom. The summed E-state index contributed by atoms with van der Waals surface area (Å²) in [6, 6.07) is 23.1. The molecule has 0 saturated carbocycles. The molecule has 176 valence electrons. The van der Waals surface area contributed by atoms with Crippen molar-refractivity contribution in [1.29, 1.82) is 0 Å². The van der Waals surface area contributed by atoms with Gasteiger partial charge in [0.2, 0.25) is 5.91 Å². The van der Waals surface area contributed by atoms with E-state index in [1.165, 1.54) is 28.7 Å². The number of benzene rings is 3. The van der Waals surface area contributed by atoms with Crippen molar-refractivity contribution in [2.24, 2.45) is 0 Å². The highest BCUT2D eigenvalue weighted by Crippen LogP contribution is 2.29. The largest absolute Gasteiger partial charge is 0.456 e. The Kier molecular flexibility index (Phi) is 7.48. The predicted octanol–water partition coefficient (Wildman–Crippen LogP) is 5.98. The van der Waals surface area contributed by atoms with Crippen LogP contribution in [0.15, 0.2) is 84.2 Å². The van der Waals surface area contributed by atoms with Crippen LogP contribution in [-0.2, 0) is 22.6 Å². The molecule has 3 aromatic carbocycles. The van der Waals surface area contributed by atoms with E-state index < -0.39 is 5.97 Å². The van der Waals surface area contributed by atoms with Gasteiger partial charge in [-0.1, -0.05) is 67.6 Å². The average Bonchev–Trinajstić information content (AvgIpc) is 3.36. The third-order valence-electron chi connectivity index (χ3n) is 5.43. The number of aryl methyl sites for hydroxylation is 1. The number of amides is 1. The van der Waals surface area contributed by atoms with Gasteiger partial charge in [-0.25, -0.2) is 9.78 Å². The number of ketones is 1. The van der Waals surface area contributed by atoms with Crippen molar-refractivity contribution >= 4 is 39.8 Å². The molecule has 0 aliphatic heterocycles. The van der Waals surface area contributed by atoms with Gasteiger partial charge in [0.05, 0.1) is 16.9 Å². The Hall–Kier alpha value is -4.10. The highest BCUT2D eigenvalue weighted by atomic mass is 32.1. The number of hydrogen-bond acceptors (Lipinski definition) is 6. The van der Waals surface area contributed by atoms with Crippen LogP contribution in [0.25, 0.3) is 0 Å². The number of nitrogens with zero attached hydrogens (tertiary/aromatic N) is 2. The molecule has 35 heavy (non-hydrogen) atoms. The van der Waals surface area contributed by atoms with Crippen LogP contribution in [0, 0.1) is 0 Å². The Labute approximate surface area is 207 Å². The van der Waals surface area contributed by atoms with E-state index in [2.05, 4.69) is 11.9 Å². The van der Waals surface area contributed by atoms with Gasteiger partial charge in [0, 0.05) is 23.4 Å². The molecule has 1 aromatic heterocycles. The molecule has 0 N–H and O–H groups in total. The van der Waals surface area contributed by atoms with Crippen LogP contribution in [0.3, 0.4) is 0 Å². The van der Waals surface area contributed by atoms with Crippen LogP contribution >= 0.6 is 11.3 Å². The fourth-order valence-corrected chi connectivity index (χ4v) is 4.47. The van der Waals surface area contributed by atoms with E-state index in [-0.39, 0.29) is 29.4 Å². The van der Waals surface area contributed by atoms with Crippen molar-refractivity contribution in [1.82, 2.24) is 4.98 Å². The molecular weight excluding hydrogens is 460 g/mol. The molecule has 4 aromatic rings. The van der Waals surface area contributed by atoms with Crippen molar-refractivity contribution in [3.05, 3.63) is 112 Å². The minimum Gasteiger partial charge on any atom is -0.456 e. The fraction of sp³-hybridized carbons (Fsp3) is 0.143. The van der Waals surface area contributed by atoms with E-state index in [9.17, 15) is 14.4 Å². The molecule has 0 fully saturated rings.